The van der Waals surface area contributed by atoms with Gasteiger partial charge in [-0.25, -0.2) is 0 Å². The van der Waals surface area contributed by atoms with Crippen molar-refractivity contribution in [1.82, 2.24) is 4.90 Å². The first-order valence-corrected chi connectivity index (χ1v) is 12.8. The summed E-state index contributed by atoms with van der Waals surface area (Å²) in [7, 11) is 0. The van der Waals surface area contributed by atoms with Crippen LogP contribution in [-0.4, -0.2) is 30.6 Å². The Balaban J connectivity index is 1.66. The van der Waals surface area contributed by atoms with E-state index in [-0.39, 0.29) is 17.1 Å². The molecule has 7 heteroatoms. The summed E-state index contributed by atoms with van der Waals surface area (Å²) in [6, 6.07) is 20.2. The molecular formula is C29H26BrNO5. The maximum Gasteiger partial charge on any atom is 0.290 e. The van der Waals surface area contributed by atoms with E-state index in [1.54, 1.807) is 23.1 Å². The maximum absolute atomic E-state index is 13.8. The van der Waals surface area contributed by atoms with Gasteiger partial charge in [-0.1, -0.05) is 52.3 Å². The van der Waals surface area contributed by atoms with Crippen molar-refractivity contribution >= 4 is 32.8 Å². The zero-order valence-corrected chi connectivity index (χ0v) is 21.7. The number of halogens is 1. The molecule has 4 aromatic rings. The summed E-state index contributed by atoms with van der Waals surface area (Å²) in [6.07, 6.45) is 0.645. The Morgan fingerprint density at radius 3 is 2.42 bits per heavy atom. The van der Waals surface area contributed by atoms with Gasteiger partial charge in [0.25, 0.3) is 5.91 Å². The van der Waals surface area contributed by atoms with Gasteiger partial charge < -0.3 is 18.8 Å². The topological polar surface area (TPSA) is 69.0 Å². The van der Waals surface area contributed by atoms with Gasteiger partial charge in [-0.3, -0.25) is 9.59 Å². The monoisotopic (exact) mass is 547 g/mol. The van der Waals surface area contributed by atoms with E-state index in [1.807, 2.05) is 62.4 Å². The minimum atomic E-state index is -0.606. The number of amides is 1. The van der Waals surface area contributed by atoms with Crippen LogP contribution in [0.3, 0.4) is 0 Å². The van der Waals surface area contributed by atoms with Crippen molar-refractivity contribution in [1.29, 1.82) is 0 Å². The molecule has 3 aromatic carbocycles. The lowest BCUT2D eigenvalue weighted by atomic mass is 9.97. The van der Waals surface area contributed by atoms with Crippen LogP contribution in [0.5, 0.6) is 11.5 Å². The highest BCUT2D eigenvalue weighted by molar-refractivity contribution is 9.10. The second-order valence-corrected chi connectivity index (χ2v) is 9.44. The quantitative estimate of drug-likeness (QED) is 0.265. The first-order valence-electron chi connectivity index (χ1n) is 12.0. The number of benzene rings is 3. The molecule has 0 saturated heterocycles. The first-order chi connectivity index (χ1) is 17.5. The SMILES string of the molecule is CCOc1ccc(C2c3c(oc4ccc(Br)cc4c3=O)C(=O)N2CCc2ccccc2)cc1OCC. The molecule has 0 aliphatic carbocycles. The van der Waals surface area contributed by atoms with Crippen LogP contribution in [0.25, 0.3) is 11.0 Å². The highest BCUT2D eigenvalue weighted by Gasteiger charge is 2.42. The van der Waals surface area contributed by atoms with Crippen molar-refractivity contribution in [3.8, 4) is 11.5 Å². The average Bonchev–Trinajstić information content (AvgIpc) is 3.17. The van der Waals surface area contributed by atoms with Crippen LogP contribution in [0.2, 0.25) is 0 Å². The zero-order chi connectivity index (χ0) is 25.2. The maximum atomic E-state index is 13.8. The number of fused-ring (bicyclic) bond motifs is 2. The Morgan fingerprint density at radius 2 is 1.67 bits per heavy atom. The Labute approximate surface area is 217 Å². The lowest BCUT2D eigenvalue weighted by molar-refractivity contribution is 0.0729. The second kappa shape index (κ2) is 10.2. The molecule has 1 aliphatic rings. The van der Waals surface area contributed by atoms with Gasteiger partial charge in [0.05, 0.1) is 30.2 Å². The Morgan fingerprint density at radius 1 is 0.917 bits per heavy atom. The second-order valence-electron chi connectivity index (χ2n) is 8.52. The van der Waals surface area contributed by atoms with Crippen LogP contribution in [0.15, 0.2) is 80.4 Å². The van der Waals surface area contributed by atoms with Crippen LogP contribution in [0, 0.1) is 0 Å². The summed E-state index contributed by atoms with van der Waals surface area (Å²) in [4.78, 5) is 29.2. The molecule has 1 unspecified atom stereocenters. The van der Waals surface area contributed by atoms with Gasteiger partial charge in [0.1, 0.15) is 5.58 Å². The van der Waals surface area contributed by atoms with E-state index in [0.717, 1.165) is 15.6 Å². The fraction of sp³-hybridized carbons (Fsp3) is 0.241. The number of rotatable bonds is 8. The van der Waals surface area contributed by atoms with Crippen molar-refractivity contribution in [3.05, 3.63) is 104 Å². The largest absolute Gasteiger partial charge is 0.490 e. The summed E-state index contributed by atoms with van der Waals surface area (Å²) in [5, 5.41) is 0.432. The van der Waals surface area contributed by atoms with E-state index < -0.39 is 6.04 Å². The molecule has 6 nitrogen and oxygen atoms in total. The van der Waals surface area contributed by atoms with Gasteiger partial charge in [-0.2, -0.15) is 0 Å². The Bertz CT molecular complexity index is 1480. The third kappa shape index (κ3) is 4.39. The minimum absolute atomic E-state index is 0.0970. The number of ether oxygens (including phenoxy) is 2. The molecule has 36 heavy (non-hydrogen) atoms. The molecule has 0 fully saturated rings. The van der Waals surface area contributed by atoms with Gasteiger partial charge in [0.2, 0.25) is 5.76 Å². The molecule has 0 spiro atoms. The molecule has 2 heterocycles. The van der Waals surface area contributed by atoms with Crippen molar-refractivity contribution < 1.29 is 18.7 Å². The van der Waals surface area contributed by atoms with Crippen LogP contribution in [0.4, 0.5) is 0 Å². The molecule has 1 aliphatic heterocycles. The molecule has 0 radical (unpaired) electrons. The van der Waals surface area contributed by atoms with Crippen molar-refractivity contribution in [3.63, 3.8) is 0 Å². The third-order valence-corrected chi connectivity index (χ3v) is 6.79. The summed E-state index contributed by atoms with van der Waals surface area (Å²) in [5.41, 5.74) is 2.41. The number of carbonyl (C=O) groups is 1. The molecule has 1 amide bonds. The summed E-state index contributed by atoms with van der Waals surface area (Å²) >= 11 is 3.44. The van der Waals surface area contributed by atoms with Crippen LogP contribution >= 0.6 is 15.9 Å². The number of nitrogens with zero attached hydrogens (tertiary/aromatic N) is 1. The lowest BCUT2D eigenvalue weighted by Crippen LogP contribution is -2.31. The lowest BCUT2D eigenvalue weighted by Gasteiger charge is -2.26. The van der Waals surface area contributed by atoms with E-state index in [0.29, 0.717) is 54.2 Å². The van der Waals surface area contributed by atoms with E-state index >= 15 is 0 Å². The highest BCUT2D eigenvalue weighted by Crippen LogP contribution is 2.41. The smallest absolute Gasteiger partial charge is 0.290 e. The standard InChI is InChI=1S/C29H26BrNO5/c1-3-34-23-12-10-19(16-24(23)35-4-2)26-25-27(32)21-17-20(30)11-13-22(21)36-28(25)29(33)31(26)15-14-18-8-6-5-7-9-18/h5-13,16-17,26H,3-4,14-15H2,1-2H3. The zero-order valence-electron chi connectivity index (χ0n) is 20.1. The fourth-order valence-corrected chi connectivity index (χ4v) is 5.06. The minimum Gasteiger partial charge on any atom is -0.490 e. The fourth-order valence-electron chi connectivity index (χ4n) is 4.70. The van der Waals surface area contributed by atoms with E-state index in [2.05, 4.69) is 15.9 Å². The van der Waals surface area contributed by atoms with Gasteiger partial charge in [0.15, 0.2) is 16.9 Å². The third-order valence-electron chi connectivity index (χ3n) is 6.30. The molecule has 0 saturated carbocycles. The summed E-state index contributed by atoms with van der Waals surface area (Å²) in [5.74, 6) is 1.01. The number of hydrogen-bond acceptors (Lipinski definition) is 5. The average molecular weight is 548 g/mol. The molecule has 0 N–H and O–H groups in total. The highest BCUT2D eigenvalue weighted by atomic mass is 79.9. The number of carbonyl (C=O) groups excluding carboxylic acids is 1. The summed E-state index contributed by atoms with van der Waals surface area (Å²) in [6.45, 7) is 5.20. The molecule has 5 rings (SSSR count). The van der Waals surface area contributed by atoms with Crippen molar-refractivity contribution in [2.45, 2.75) is 26.3 Å². The van der Waals surface area contributed by atoms with Gasteiger partial charge >= 0.3 is 0 Å². The van der Waals surface area contributed by atoms with E-state index in [9.17, 15) is 9.59 Å². The number of hydrogen-bond donors (Lipinski definition) is 0. The first kappa shape index (κ1) is 24.1. The van der Waals surface area contributed by atoms with Crippen molar-refractivity contribution in [2.75, 3.05) is 19.8 Å². The molecule has 184 valence electrons. The summed E-state index contributed by atoms with van der Waals surface area (Å²) < 4.78 is 18.4. The molecule has 1 atom stereocenters. The predicted octanol–water partition coefficient (Wildman–Crippen LogP) is 6.14. The van der Waals surface area contributed by atoms with Gasteiger partial charge in [-0.15, -0.1) is 0 Å². The van der Waals surface area contributed by atoms with Crippen LogP contribution in [-0.2, 0) is 6.42 Å². The van der Waals surface area contributed by atoms with Gasteiger partial charge in [0, 0.05) is 11.0 Å². The predicted molar refractivity (Wildman–Crippen MR) is 142 cm³/mol. The normalized spacial score (nSPS) is 14.8. The van der Waals surface area contributed by atoms with Crippen LogP contribution in [0.1, 0.15) is 47.1 Å². The molecule has 1 aromatic heterocycles. The van der Waals surface area contributed by atoms with Crippen molar-refractivity contribution in [2.24, 2.45) is 0 Å². The Kier molecular flexibility index (Phi) is 6.83. The van der Waals surface area contributed by atoms with Crippen LogP contribution < -0.4 is 14.9 Å². The van der Waals surface area contributed by atoms with Gasteiger partial charge in [-0.05, 0) is 61.7 Å². The van der Waals surface area contributed by atoms with E-state index in [1.165, 1.54) is 0 Å². The van der Waals surface area contributed by atoms with E-state index in [4.69, 9.17) is 13.9 Å². The Hall–Kier alpha value is -3.58. The molecule has 0 bridgehead atoms. The molecular weight excluding hydrogens is 522 g/mol.